The fraction of sp³-hybridized carbons (Fsp3) is 0.167. The molecule has 0 aliphatic rings. The van der Waals surface area contributed by atoms with Crippen LogP contribution in [0.25, 0.3) is 0 Å². The van der Waals surface area contributed by atoms with E-state index in [1.807, 2.05) is 0 Å². The second-order valence-electron chi connectivity index (χ2n) is 2.78. The first-order valence-corrected chi connectivity index (χ1v) is 6.05. The van der Waals surface area contributed by atoms with Gasteiger partial charge in [0.1, 0.15) is 0 Å². The zero-order valence-corrected chi connectivity index (χ0v) is 10.9. The van der Waals surface area contributed by atoms with Crippen molar-refractivity contribution >= 4 is 185 Å². The van der Waals surface area contributed by atoms with Gasteiger partial charge in [-0.3, -0.25) is 0 Å². The maximum atomic E-state index is 11.1. The average Bonchev–Trinajstić information content (AvgIpc) is 2.29. The van der Waals surface area contributed by atoms with E-state index >= 15 is 0 Å². The normalized spacial score (nSPS) is 9.95. The molecule has 106 valence electrons. The summed E-state index contributed by atoms with van der Waals surface area (Å²) in [5.41, 5.74) is 0. The Bertz CT molecular complexity index is 399. The first-order chi connectivity index (χ1) is 8.60. The van der Waals surface area contributed by atoms with Gasteiger partial charge in [-0.25, -0.2) is 9.59 Å². The van der Waals surface area contributed by atoms with Gasteiger partial charge in [-0.1, -0.05) is 36.5 Å². The molecule has 0 amide bonds. The topological polar surface area (TPSA) is 69.7 Å². The van der Waals surface area contributed by atoms with Crippen molar-refractivity contribution in [2.24, 2.45) is 0 Å². The predicted octanol–water partition coefficient (Wildman–Crippen LogP) is -0.678. The van der Waals surface area contributed by atoms with Crippen LogP contribution in [0, 0.1) is 0 Å². The zero-order chi connectivity index (χ0) is 13.8. The average molecular weight is 399 g/mol. The van der Waals surface area contributed by atoms with Crippen molar-refractivity contribution in [2.75, 3.05) is 0 Å². The van der Waals surface area contributed by atoms with Gasteiger partial charge in [-0.2, -0.15) is 4.21 Å². The van der Waals surface area contributed by atoms with Gasteiger partial charge in [0.2, 0.25) is 0 Å². The van der Waals surface area contributed by atoms with Crippen molar-refractivity contribution in [3.05, 3.63) is 48.6 Å². The molecule has 0 aromatic carbocycles. The van der Waals surface area contributed by atoms with Crippen LogP contribution in [0.2, 0.25) is 0 Å². The SMILES string of the molecule is C/C=C/C=C/C(=O)OS(=O)OC(=O)/C=C/C=C/C.[KH].[KH].[NaH].[NaH]. The molecule has 0 aromatic heterocycles. The summed E-state index contributed by atoms with van der Waals surface area (Å²) in [6.07, 6.45) is 11.5. The molecule has 0 atom stereocenters. The molecule has 10 heteroatoms. The van der Waals surface area contributed by atoms with E-state index in [9.17, 15) is 13.8 Å². The quantitative estimate of drug-likeness (QED) is 0.337. The van der Waals surface area contributed by atoms with E-state index in [0.29, 0.717) is 0 Å². The molecule has 22 heavy (non-hydrogen) atoms. The Labute approximate surface area is 263 Å². The number of allylic oxidation sites excluding steroid dienone is 6. The minimum absolute atomic E-state index is 0. The molecule has 0 rings (SSSR count). The van der Waals surface area contributed by atoms with Crippen LogP contribution in [-0.4, -0.2) is 178 Å². The van der Waals surface area contributed by atoms with Crippen molar-refractivity contribution in [2.45, 2.75) is 13.8 Å². The number of rotatable bonds is 6. The van der Waals surface area contributed by atoms with E-state index < -0.39 is 23.3 Å². The first kappa shape index (κ1) is 36.3. The molecule has 0 saturated carbocycles. The Balaban J connectivity index is -0.000000241. The van der Waals surface area contributed by atoms with Crippen molar-refractivity contribution in [1.82, 2.24) is 0 Å². The zero-order valence-electron chi connectivity index (χ0n) is 10.1. The molecular weight excluding hydrogens is 380 g/mol. The predicted molar refractivity (Wildman–Crippen MR) is 96.8 cm³/mol. The van der Waals surface area contributed by atoms with Crippen molar-refractivity contribution in [3.8, 4) is 0 Å². The van der Waals surface area contributed by atoms with E-state index in [0.717, 1.165) is 12.2 Å². The Morgan fingerprint density at radius 3 is 1.36 bits per heavy atom. The summed E-state index contributed by atoms with van der Waals surface area (Å²) in [5.74, 6) is -1.73. The summed E-state index contributed by atoms with van der Waals surface area (Å²) in [4.78, 5) is 22.0. The van der Waals surface area contributed by atoms with Crippen molar-refractivity contribution < 1.29 is 22.2 Å². The Morgan fingerprint density at radius 2 is 1.09 bits per heavy atom. The number of carbonyl (C=O) groups is 2. The summed E-state index contributed by atoms with van der Waals surface area (Å²) in [7, 11) is 0. The summed E-state index contributed by atoms with van der Waals surface area (Å²) < 4.78 is 19.6. The van der Waals surface area contributed by atoms with Gasteiger partial charge < -0.3 is 8.37 Å². The summed E-state index contributed by atoms with van der Waals surface area (Å²) in [5, 5.41) is 0. The van der Waals surface area contributed by atoms with Crippen LogP contribution in [0.15, 0.2) is 48.6 Å². The van der Waals surface area contributed by atoms with Crippen LogP contribution in [-0.2, 0) is 29.3 Å². The summed E-state index contributed by atoms with van der Waals surface area (Å²) in [6.45, 7) is 3.54. The molecule has 0 spiro atoms. The second kappa shape index (κ2) is 26.6. The third-order valence-electron chi connectivity index (χ3n) is 1.37. The van der Waals surface area contributed by atoms with Gasteiger partial charge in [0.25, 0.3) is 0 Å². The van der Waals surface area contributed by atoms with Gasteiger partial charge in [-0.15, -0.1) is 0 Å². The molecule has 0 bridgehead atoms. The van der Waals surface area contributed by atoms with Crippen LogP contribution in [0.3, 0.4) is 0 Å². The Hall–Kier alpha value is 3.32. The van der Waals surface area contributed by atoms with Crippen LogP contribution in [0.1, 0.15) is 13.8 Å². The number of hydrogen-bond acceptors (Lipinski definition) is 5. The number of hydrogen-bond donors (Lipinski definition) is 0. The molecule has 0 saturated heterocycles. The van der Waals surface area contributed by atoms with Crippen LogP contribution < -0.4 is 0 Å². The minimum atomic E-state index is -2.44. The molecule has 0 fully saturated rings. The van der Waals surface area contributed by atoms with Crippen molar-refractivity contribution in [1.29, 1.82) is 0 Å². The molecule has 5 nitrogen and oxygen atoms in total. The Kier molecular flexibility index (Phi) is 43.8. The Morgan fingerprint density at radius 1 is 0.773 bits per heavy atom. The number of carbonyl (C=O) groups excluding carboxylic acids is 2. The fourth-order valence-corrected chi connectivity index (χ4v) is 1.11. The van der Waals surface area contributed by atoms with E-state index in [1.165, 1.54) is 12.2 Å². The second-order valence-corrected chi connectivity index (χ2v) is 3.52. The standard InChI is InChI=1S/C12H14O5S.2K.2Na.4H/c1-3-5-7-9-11(13)16-18(15)17-12(14)10-8-6-4-2;;;;;;;;/h3-10H,1-2H3;;;;;;;;/b5-3+,6-4+,9-7+,10-8+;;;;;;;;. The van der Waals surface area contributed by atoms with E-state index in [-0.39, 0.29) is 162 Å². The van der Waals surface area contributed by atoms with E-state index in [1.54, 1.807) is 38.2 Å². The summed E-state index contributed by atoms with van der Waals surface area (Å²) in [6, 6.07) is 0. The first-order valence-electron chi connectivity index (χ1n) is 5.05. The van der Waals surface area contributed by atoms with E-state index in [4.69, 9.17) is 0 Å². The molecule has 0 unspecified atom stereocenters. The van der Waals surface area contributed by atoms with Gasteiger partial charge in [0.15, 0.2) is 0 Å². The molecule has 0 aliphatic carbocycles. The molecular formula is C12H18K2Na2O5S. The van der Waals surface area contributed by atoms with Crippen LogP contribution in [0.4, 0.5) is 0 Å². The van der Waals surface area contributed by atoms with E-state index in [2.05, 4.69) is 8.37 Å². The van der Waals surface area contributed by atoms with Crippen LogP contribution >= 0.6 is 0 Å². The monoisotopic (exact) mass is 398 g/mol. The van der Waals surface area contributed by atoms with Gasteiger partial charge in [-0.05, 0) is 13.8 Å². The molecule has 0 aliphatic heterocycles. The van der Waals surface area contributed by atoms with Gasteiger partial charge >= 0.3 is 185 Å². The summed E-state index contributed by atoms with van der Waals surface area (Å²) >= 11 is -2.44. The van der Waals surface area contributed by atoms with Gasteiger partial charge in [0, 0.05) is 12.2 Å². The maximum absolute atomic E-state index is 11.1. The van der Waals surface area contributed by atoms with Crippen LogP contribution in [0.5, 0.6) is 0 Å². The molecule has 0 aromatic rings. The molecule has 0 heterocycles. The third kappa shape index (κ3) is 25.6. The van der Waals surface area contributed by atoms with Gasteiger partial charge in [0.05, 0.1) is 0 Å². The molecule has 0 N–H and O–H groups in total. The third-order valence-corrected chi connectivity index (χ3v) is 1.97. The fourth-order valence-electron chi connectivity index (χ4n) is 0.697. The molecule has 0 radical (unpaired) electrons. The van der Waals surface area contributed by atoms with Crippen molar-refractivity contribution in [3.63, 3.8) is 0 Å².